The largest absolute Gasteiger partial charge is 0.461 e. The Hall–Kier alpha value is -0.350. The Morgan fingerprint density at radius 1 is 1.57 bits per heavy atom. The Balaban J connectivity index is 2.73. The lowest BCUT2D eigenvalue weighted by molar-refractivity contribution is -0.155. The quantitative estimate of drug-likeness (QED) is 0.366. The molecular weight excluding hydrogens is 428 g/mol. The van der Waals surface area contributed by atoms with E-state index in [0.29, 0.717) is 19.3 Å². The highest BCUT2D eigenvalue weighted by Crippen LogP contribution is 2.31. The number of carbonyl (C=O) groups is 1. The van der Waals surface area contributed by atoms with Gasteiger partial charge in [-0.25, -0.2) is 0 Å². The molecule has 0 aromatic heterocycles. The lowest BCUT2D eigenvalue weighted by Gasteiger charge is -2.38. The summed E-state index contributed by atoms with van der Waals surface area (Å²) in [5.41, 5.74) is 0. The van der Waals surface area contributed by atoms with Crippen LogP contribution in [0.25, 0.3) is 0 Å². The first-order chi connectivity index (χ1) is 10.9. The van der Waals surface area contributed by atoms with Crippen LogP contribution in [0.3, 0.4) is 0 Å². The molecule has 1 rings (SSSR count). The summed E-state index contributed by atoms with van der Waals surface area (Å²) in [6, 6.07) is 0. The van der Waals surface area contributed by atoms with E-state index in [4.69, 9.17) is 15.9 Å². The van der Waals surface area contributed by atoms with Crippen LogP contribution in [0.1, 0.15) is 39.5 Å². The minimum absolute atomic E-state index is 0.0523. The van der Waals surface area contributed by atoms with E-state index < -0.39 is 6.10 Å². The van der Waals surface area contributed by atoms with Crippen LogP contribution in [-0.4, -0.2) is 45.1 Å². The number of allylic oxidation sites excluding steroid dienone is 2. The summed E-state index contributed by atoms with van der Waals surface area (Å²) < 4.78 is 11.4. The fourth-order valence-electron chi connectivity index (χ4n) is 2.63. The molecule has 0 spiro atoms. The third-order valence-electron chi connectivity index (χ3n) is 3.81. The number of rotatable bonds is 7. The lowest BCUT2D eigenvalue weighted by Crippen LogP contribution is -2.47. The van der Waals surface area contributed by atoms with Crippen molar-refractivity contribution in [3.63, 3.8) is 0 Å². The average Bonchev–Trinajstić information content (AvgIpc) is 2.48. The standard InChI is InChI=1S/C17H24Br2O4/c1-4-6-7-8-12(18)16(22-11(3)20)10-17-14(21)9-13(19)15(5-2)23-17/h1,6-7,12-17,21H,5,8-10H2,2-3H3/b7-6+/t12?,13-,14-,15+,16?,17-/m0/s1. The van der Waals surface area contributed by atoms with Gasteiger partial charge in [0.2, 0.25) is 0 Å². The van der Waals surface area contributed by atoms with Gasteiger partial charge < -0.3 is 14.6 Å². The first kappa shape index (κ1) is 20.7. The van der Waals surface area contributed by atoms with Gasteiger partial charge in [0.1, 0.15) is 6.10 Å². The Morgan fingerprint density at radius 3 is 2.83 bits per heavy atom. The number of hydrogen-bond acceptors (Lipinski definition) is 4. The minimum Gasteiger partial charge on any atom is -0.461 e. The molecule has 1 heterocycles. The summed E-state index contributed by atoms with van der Waals surface area (Å²) in [6.45, 7) is 3.43. The zero-order valence-electron chi connectivity index (χ0n) is 13.5. The van der Waals surface area contributed by atoms with Crippen LogP contribution < -0.4 is 0 Å². The van der Waals surface area contributed by atoms with E-state index in [1.165, 1.54) is 6.92 Å². The third kappa shape index (κ3) is 6.96. The average molecular weight is 452 g/mol. The second-order valence-corrected chi connectivity index (χ2v) is 8.00. The number of ether oxygens (including phenoxy) is 2. The molecule has 0 amide bonds. The van der Waals surface area contributed by atoms with E-state index in [1.807, 2.05) is 6.08 Å². The number of alkyl halides is 2. The van der Waals surface area contributed by atoms with Crippen molar-refractivity contribution >= 4 is 37.8 Å². The van der Waals surface area contributed by atoms with Crippen molar-refractivity contribution in [1.29, 1.82) is 0 Å². The molecular formula is C17H24Br2O4. The smallest absolute Gasteiger partial charge is 0.302 e. The summed E-state index contributed by atoms with van der Waals surface area (Å²) in [7, 11) is 0. The van der Waals surface area contributed by atoms with E-state index in [0.717, 1.165) is 6.42 Å². The van der Waals surface area contributed by atoms with Gasteiger partial charge >= 0.3 is 5.97 Å². The number of hydrogen-bond donors (Lipinski definition) is 1. The number of terminal acetylenes is 1. The van der Waals surface area contributed by atoms with Crippen molar-refractivity contribution in [1.82, 2.24) is 0 Å². The molecule has 2 unspecified atom stereocenters. The van der Waals surface area contributed by atoms with E-state index in [1.54, 1.807) is 6.08 Å². The molecule has 23 heavy (non-hydrogen) atoms. The maximum Gasteiger partial charge on any atom is 0.302 e. The lowest BCUT2D eigenvalue weighted by atomic mass is 9.94. The molecule has 0 aliphatic carbocycles. The first-order valence-electron chi connectivity index (χ1n) is 7.79. The summed E-state index contributed by atoms with van der Waals surface area (Å²) in [6.07, 6.45) is 9.93. The Bertz CT molecular complexity index is 446. The molecule has 6 heteroatoms. The predicted molar refractivity (Wildman–Crippen MR) is 97.8 cm³/mol. The van der Waals surface area contributed by atoms with Gasteiger partial charge in [-0.15, -0.1) is 6.42 Å². The van der Waals surface area contributed by atoms with Crippen LogP contribution in [-0.2, 0) is 14.3 Å². The number of aliphatic hydroxyl groups excluding tert-OH is 1. The number of halogens is 2. The van der Waals surface area contributed by atoms with Crippen molar-refractivity contribution in [2.24, 2.45) is 0 Å². The zero-order valence-corrected chi connectivity index (χ0v) is 16.6. The normalized spacial score (nSPS) is 30.6. The maximum atomic E-state index is 11.4. The van der Waals surface area contributed by atoms with Crippen molar-refractivity contribution in [2.75, 3.05) is 0 Å². The SMILES string of the molecule is C#C/C=C/CC(Br)C(C[C@@H]1O[C@H](CC)[C@@H](Br)C[C@@H]1O)OC(C)=O. The van der Waals surface area contributed by atoms with E-state index in [-0.39, 0.29) is 33.9 Å². The molecule has 6 atom stereocenters. The molecule has 1 aliphatic rings. The predicted octanol–water partition coefficient (Wildman–Crippen LogP) is 3.34. The van der Waals surface area contributed by atoms with Crippen molar-refractivity contribution < 1.29 is 19.4 Å². The van der Waals surface area contributed by atoms with Gasteiger partial charge in [0.05, 0.1) is 23.1 Å². The summed E-state index contributed by atoms with van der Waals surface area (Å²) in [4.78, 5) is 11.4. The van der Waals surface area contributed by atoms with Crippen LogP contribution in [0.15, 0.2) is 12.2 Å². The van der Waals surface area contributed by atoms with Gasteiger partial charge in [0.25, 0.3) is 0 Å². The van der Waals surface area contributed by atoms with Gasteiger partial charge in [-0.1, -0.05) is 50.8 Å². The van der Waals surface area contributed by atoms with Gasteiger partial charge in [0.15, 0.2) is 0 Å². The monoisotopic (exact) mass is 450 g/mol. The number of carbonyl (C=O) groups excluding carboxylic acids is 1. The molecule has 0 bridgehead atoms. The Kier molecular flexibility index (Phi) is 9.45. The molecule has 130 valence electrons. The van der Waals surface area contributed by atoms with Gasteiger partial charge in [-0.3, -0.25) is 4.79 Å². The Morgan fingerprint density at radius 2 is 2.26 bits per heavy atom. The van der Waals surface area contributed by atoms with Gasteiger partial charge in [-0.2, -0.15) is 0 Å². The molecule has 1 fully saturated rings. The topological polar surface area (TPSA) is 55.8 Å². The van der Waals surface area contributed by atoms with Crippen molar-refractivity contribution in [2.45, 2.75) is 73.6 Å². The summed E-state index contributed by atoms with van der Waals surface area (Å²) >= 11 is 7.10. The number of aliphatic hydroxyl groups is 1. The minimum atomic E-state index is -0.582. The second-order valence-electron chi connectivity index (χ2n) is 5.64. The van der Waals surface area contributed by atoms with Gasteiger partial charge in [0, 0.05) is 18.2 Å². The zero-order chi connectivity index (χ0) is 17.4. The molecule has 0 aromatic rings. The highest BCUT2D eigenvalue weighted by Gasteiger charge is 2.37. The molecule has 1 aliphatic heterocycles. The van der Waals surface area contributed by atoms with Crippen LogP contribution in [0.5, 0.6) is 0 Å². The molecule has 0 aromatic carbocycles. The third-order valence-corrected chi connectivity index (χ3v) is 5.74. The summed E-state index contributed by atoms with van der Waals surface area (Å²) in [5.74, 6) is 2.08. The highest BCUT2D eigenvalue weighted by molar-refractivity contribution is 9.09. The van der Waals surface area contributed by atoms with E-state index in [2.05, 4.69) is 44.7 Å². The van der Waals surface area contributed by atoms with Gasteiger partial charge in [-0.05, 0) is 25.3 Å². The van der Waals surface area contributed by atoms with Crippen LogP contribution >= 0.6 is 31.9 Å². The first-order valence-corrected chi connectivity index (χ1v) is 9.62. The molecule has 0 radical (unpaired) electrons. The molecule has 4 nitrogen and oxygen atoms in total. The van der Waals surface area contributed by atoms with E-state index >= 15 is 0 Å². The second kappa shape index (κ2) is 10.5. The Labute approximate surface area is 155 Å². The van der Waals surface area contributed by atoms with Crippen LogP contribution in [0.4, 0.5) is 0 Å². The fraction of sp³-hybridized carbons (Fsp3) is 0.706. The summed E-state index contributed by atoms with van der Waals surface area (Å²) in [5, 5.41) is 10.3. The van der Waals surface area contributed by atoms with Crippen LogP contribution in [0, 0.1) is 12.3 Å². The fourth-order valence-corrected chi connectivity index (χ4v) is 4.05. The van der Waals surface area contributed by atoms with Crippen LogP contribution in [0.2, 0.25) is 0 Å². The molecule has 0 saturated carbocycles. The molecule has 1 saturated heterocycles. The van der Waals surface area contributed by atoms with Crippen molar-refractivity contribution in [3.8, 4) is 12.3 Å². The maximum absolute atomic E-state index is 11.4. The van der Waals surface area contributed by atoms with Crippen molar-refractivity contribution in [3.05, 3.63) is 12.2 Å². The number of esters is 1. The molecule has 1 N–H and O–H groups in total. The highest BCUT2D eigenvalue weighted by atomic mass is 79.9. The van der Waals surface area contributed by atoms with E-state index in [9.17, 15) is 9.90 Å².